The van der Waals surface area contributed by atoms with Gasteiger partial charge in [-0.15, -0.1) is 0 Å². The van der Waals surface area contributed by atoms with Crippen LogP contribution in [0, 0.1) is 0 Å². The number of hydrogen-bond donors (Lipinski definition) is 2. The van der Waals surface area contributed by atoms with Crippen molar-refractivity contribution in [1.82, 2.24) is 10.6 Å². The summed E-state index contributed by atoms with van der Waals surface area (Å²) >= 11 is 0. The molecule has 1 amide bonds. The lowest BCUT2D eigenvalue weighted by atomic mass is 10.2. The van der Waals surface area contributed by atoms with E-state index >= 15 is 0 Å². The third-order valence-corrected chi connectivity index (χ3v) is 2.39. The number of ether oxygens (including phenoxy) is 2. The molecular weight excluding hydrogens is 220 g/mol. The summed E-state index contributed by atoms with van der Waals surface area (Å²) in [5, 5.41) is 6.12. The van der Waals surface area contributed by atoms with E-state index in [1.165, 1.54) is 0 Å². The van der Waals surface area contributed by atoms with E-state index in [1.54, 1.807) is 14.2 Å². The zero-order valence-corrected chi connectivity index (χ0v) is 11.6. The molecule has 0 rings (SSSR count). The molecular formula is C12H26N2O3. The molecule has 0 aromatic heterocycles. The molecule has 0 spiro atoms. The first-order valence-electron chi connectivity index (χ1n) is 6.09. The lowest BCUT2D eigenvalue weighted by Gasteiger charge is -2.22. The maximum absolute atomic E-state index is 11.6. The molecule has 0 saturated carbocycles. The van der Waals surface area contributed by atoms with Gasteiger partial charge in [0.25, 0.3) is 0 Å². The van der Waals surface area contributed by atoms with E-state index in [2.05, 4.69) is 24.5 Å². The van der Waals surface area contributed by atoms with Crippen LogP contribution in [0.15, 0.2) is 0 Å². The molecule has 5 heteroatoms. The van der Waals surface area contributed by atoms with Crippen molar-refractivity contribution < 1.29 is 14.3 Å². The molecule has 0 bridgehead atoms. The van der Waals surface area contributed by atoms with Gasteiger partial charge in [0.2, 0.25) is 5.91 Å². The van der Waals surface area contributed by atoms with Gasteiger partial charge in [-0.2, -0.15) is 0 Å². The van der Waals surface area contributed by atoms with Crippen LogP contribution in [0.1, 0.15) is 33.6 Å². The molecule has 1 atom stereocenters. The van der Waals surface area contributed by atoms with Crippen molar-refractivity contribution in [1.29, 1.82) is 0 Å². The van der Waals surface area contributed by atoms with Crippen LogP contribution in [0.3, 0.4) is 0 Å². The summed E-state index contributed by atoms with van der Waals surface area (Å²) < 4.78 is 10.1. The van der Waals surface area contributed by atoms with Crippen molar-refractivity contribution in [3.63, 3.8) is 0 Å². The van der Waals surface area contributed by atoms with Crippen LogP contribution in [0.4, 0.5) is 0 Å². The Kier molecular flexibility index (Phi) is 9.03. The number of rotatable bonds is 9. The van der Waals surface area contributed by atoms with Gasteiger partial charge < -0.3 is 20.1 Å². The van der Waals surface area contributed by atoms with Crippen molar-refractivity contribution >= 4 is 5.91 Å². The van der Waals surface area contributed by atoms with Crippen molar-refractivity contribution in [3.8, 4) is 0 Å². The van der Waals surface area contributed by atoms with E-state index in [0.717, 1.165) is 13.0 Å². The maximum Gasteiger partial charge on any atom is 0.220 e. The van der Waals surface area contributed by atoms with E-state index in [-0.39, 0.29) is 11.9 Å². The lowest BCUT2D eigenvalue weighted by Crippen LogP contribution is -2.43. The van der Waals surface area contributed by atoms with Crippen molar-refractivity contribution in [3.05, 3.63) is 0 Å². The molecule has 0 saturated heterocycles. The Bertz CT molecular complexity index is 206. The predicted octanol–water partition coefficient (Wildman–Crippen LogP) is 0.888. The summed E-state index contributed by atoms with van der Waals surface area (Å²) in [7, 11) is 3.12. The van der Waals surface area contributed by atoms with Gasteiger partial charge in [-0.05, 0) is 19.9 Å². The molecule has 5 nitrogen and oxygen atoms in total. The number of hydrogen-bond acceptors (Lipinski definition) is 4. The highest BCUT2D eigenvalue weighted by Crippen LogP contribution is 1.99. The van der Waals surface area contributed by atoms with Gasteiger partial charge in [-0.3, -0.25) is 4.79 Å². The third kappa shape index (κ3) is 8.12. The summed E-state index contributed by atoms with van der Waals surface area (Å²) in [5.74, 6) is 0.0298. The van der Waals surface area contributed by atoms with E-state index in [0.29, 0.717) is 12.5 Å². The van der Waals surface area contributed by atoms with E-state index in [9.17, 15) is 4.79 Å². The minimum Gasteiger partial charge on any atom is -0.354 e. The summed E-state index contributed by atoms with van der Waals surface area (Å²) in [6.45, 7) is 6.90. The number of amides is 1. The third-order valence-electron chi connectivity index (χ3n) is 2.39. The highest BCUT2D eigenvalue weighted by molar-refractivity contribution is 5.76. The standard InChI is InChI=1S/C12H26N2O3/c1-9(2)13-8-6-7-11(15)14-10(3)12(16-4)17-5/h9-10,12-13H,6-8H2,1-5H3,(H,14,15). The molecule has 17 heavy (non-hydrogen) atoms. The fourth-order valence-corrected chi connectivity index (χ4v) is 1.54. The van der Waals surface area contributed by atoms with Crippen molar-refractivity contribution in [2.75, 3.05) is 20.8 Å². The SMILES string of the molecule is COC(OC)C(C)NC(=O)CCCNC(C)C. The molecule has 0 fully saturated rings. The summed E-state index contributed by atoms with van der Waals surface area (Å²) in [6.07, 6.45) is 0.957. The van der Waals surface area contributed by atoms with Gasteiger partial charge in [0.1, 0.15) is 0 Å². The number of nitrogens with one attached hydrogen (secondary N) is 2. The first kappa shape index (κ1) is 16.4. The molecule has 102 valence electrons. The zero-order valence-electron chi connectivity index (χ0n) is 11.6. The van der Waals surface area contributed by atoms with Crippen LogP contribution in [-0.4, -0.2) is 45.0 Å². The van der Waals surface area contributed by atoms with E-state index in [1.807, 2.05) is 6.92 Å². The normalized spacial score (nSPS) is 13.1. The Balaban J connectivity index is 3.70. The van der Waals surface area contributed by atoms with E-state index < -0.39 is 6.29 Å². The van der Waals surface area contributed by atoms with Crippen molar-refractivity contribution in [2.24, 2.45) is 0 Å². The van der Waals surface area contributed by atoms with Crippen LogP contribution < -0.4 is 10.6 Å². The molecule has 0 aromatic carbocycles. The Morgan fingerprint density at radius 1 is 1.18 bits per heavy atom. The molecule has 0 heterocycles. The molecule has 1 unspecified atom stereocenters. The van der Waals surface area contributed by atoms with Crippen molar-refractivity contribution in [2.45, 2.75) is 52.0 Å². The highest BCUT2D eigenvalue weighted by Gasteiger charge is 2.17. The quantitative estimate of drug-likeness (QED) is 0.468. The number of carbonyl (C=O) groups is 1. The first-order valence-corrected chi connectivity index (χ1v) is 6.09. The molecule has 0 aromatic rings. The predicted molar refractivity (Wildman–Crippen MR) is 67.8 cm³/mol. The van der Waals surface area contributed by atoms with Gasteiger partial charge in [0.15, 0.2) is 6.29 Å². The fraction of sp³-hybridized carbons (Fsp3) is 0.917. The Labute approximate surface area is 104 Å². The molecule has 0 aliphatic rings. The smallest absolute Gasteiger partial charge is 0.220 e. The van der Waals surface area contributed by atoms with E-state index in [4.69, 9.17) is 9.47 Å². The second-order valence-corrected chi connectivity index (χ2v) is 4.41. The largest absolute Gasteiger partial charge is 0.354 e. The zero-order chi connectivity index (χ0) is 13.3. The first-order chi connectivity index (χ1) is 8.01. The maximum atomic E-state index is 11.6. The number of methoxy groups -OCH3 is 2. The van der Waals surface area contributed by atoms with Gasteiger partial charge in [-0.1, -0.05) is 13.8 Å². The Morgan fingerprint density at radius 3 is 2.24 bits per heavy atom. The van der Waals surface area contributed by atoms with Gasteiger partial charge >= 0.3 is 0 Å². The minimum absolute atomic E-state index is 0.0298. The van der Waals surface area contributed by atoms with Gasteiger partial charge in [-0.25, -0.2) is 0 Å². The molecule has 0 aliphatic heterocycles. The fourth-order valence-electron chi connectivity index (χ4n) is 1.54. The topological polar surface area (TPSA) is 59.6 Å². The van der Waals surface area contributed by atoms with Crippen LogP contribution in [0.2, 0.25) is 0 Å². The molecule has 0 radical (unpaired) electrons. The lowest BCUT2D eigenvalue weighted by molar-refractivity contribution is -0.135. The average Bonchev–Trinajstić information content (AvgIpc) is 2.25. The summed E-state index contributed by atoms with van der Waals surface area (Å²) in [5.41, 5.74) is 0. The van der Waals surface area contributed by atoms with Crippen LogP contribution >= 0.6 is 0 Å². The summed E-state index contributed by atoms with van der Waals surface area (Å²) in [6, 6.07) is 0.318. The molecule has 0 aliphatic carbocycles. The highest BCUT2D eigenvalue weighted by atomic mass is 16.7. The second kappa shape index (κ2) is 9.39. The average molecular weight is 246 g/mol. The second-order valence-electron chi connectivity index (χ2n) is 4.41. The monoisotopic (exact) mass is 246 g/mol. The summed E-state index contributed by atoms with van der Waals surface area (Å²) in [4.78, 5) is 11.6. The van der Waals surface area contributed by atoms with Crippen LogP contribution in [-0.2, 0) is 14.3 Å². The van der Waals surface area contributed by atoms with Crippen LogP contribution in [0.25, 0.3) is 0 Å². The molecule has 2 N–H and O–H groups in total. The Hall–Kier alpha value is -0.650. The minimum atomic E-state index is -0.396. The van der Waals surface area contributed by atoms with Crippen LogP contribution in [0.5, 0.6) is 0 Å². The number of carbonyl (C=O) groups excluding carboxylic acids is 1. The van der Waals surface area contributed by atoms with Gasteiger partial charge in [0.05, 0.1) is 6.04 Å². The van der Waals surface area contributed by atoms with Gasteiger partial charge in [0, 0.05) is 26.7 Å². The Morgan fingerprint density at radius 2 is 1.76 bits per heavy atom.